The summed E-state index contributed by atoms with van der Waals surface area (Å²) in [5, 5.41) is 0.970. The van der Waals surface area contributed by atoms with E-state index in [1.807, 2.05) is 30.3 Å². The molecular weight excluding hydrogens is 255 g/mol. The maximum Gasteiger partial charge on any atom is 0.131 e. The molecule has 2 aromatic carbocycles. The van der Waals surface area contributed by atoms with Crippen LogP contribution in [0.15, 0.2) is 53.5 Å². The molecule has 0 amide bonds. The molecule has 2 N–H and O–H groups in total. The average molecular weight is 265 g/mol. The van der Waals surface area contributed by atoms with Gasteiger partial charge in [0.1, 0.15) is 5.84 Å². The minimum absolute atomic E-state index is 0.448. The van der Waals surface area contributed by atoms with Crippen LogP contribution in [0.25, 0.3) is 0 Å². The Morgan fingerprint density at radius 3 is 2.29 bits per heavy atom. The molecule has 0 aliphatic rings. The fourth-order valence-electron chi connectivity index (χ4n) is 1.37. The second kappa shape index (κ2) is 5.21. The van der Waals surface area contributed by atoms with Gasteiger partial charge in [-0.1, -0.05) is 53.5 Å². The largest absolute Gasteiger partial charge is 0.383 e. The maximum absolute atomic E-state index is 5.90. The van der Waals surface area contributed by atoms with Gasteiger partial charge in [-0.05, 0) is 18.2 Å². The molecule has 0 saturated carbocycles. The summed E-state index contributed by atoms with van der Waals surface area (Å²) in [5.41, 5.74) is 7.44. The lowest BCUT2D eigenvalue weighted by Crippen LogP contribution is -2.12. The molecule has 0 heterocycles. The first-order chi connectivity index (χ1) is 8.16. The Kier molecular flexibility index (Phi) is 3.67. The first-order valence-electron chi connectivity index (χ1n) is 5.01. The Hall–Kier alpha value is -1.51. The number of benzene rings is 2. The van der Waals surface area contributed by atoms with E-state index in [-0.39, 0.29) is 0 Å². The smallest absolute Gasteiger partial charge is 0.131 e. The van der Waals surface area contributed by atoms with Crippen LogP contribution in [0, 0.1) is 0 Å². The highest BCUT2D eigenvalue weighted by molar-refractivity contribution is 6.42. The fourth-order valence-corrected chi connectivity index (χ4v) is 1.66. The second-order valence-electron chi connectivity index (χ2n) is 3.46. The SMILES string of the molecule is NC(=Nc1ccc(Cl)c(Cl)c1)c1ccccc1. The fraction of sp³-hybridized carbons (Fsp3) is 0. The predicted molar refractivity (Wildman–Crippen MR) is 73.3 cm³/mol. The van der Waals surface area contributed by atoms with Crippen molar-refractivity contribution < 1.29 is 0 Å². The number of halogens is 2. The highest BCUT2D eigenvalue weighted by Crippen LogP contribution is 2.26. The maximum atomic E-state index is 5.90. The quantitative estimate of drug-likeness (QED) is 0.646. The van der Waals surface area contributed by atoms with Gasteiger partial charge in [0.2, 0.25) is 0 Å². The molecule has 0 aliphatic carbocycles. The number of nitrogens with zero attached hydrogens (tertiary/aromatic N) is 1. The summed E-state index contributed by atoms with van der Waals surface area (Å²) < 4.78 is 0. The molecule has 4 heteroatoms. The molecule has 2 rings (SSSR count). The molecule has 0 radical (unpaired) electrons. The molecule has 0 aliphatic heterocycles. The first kappa shape index (κ1) is 12.0. The molecule has 0 spiro atoms. The zero-order valence-corrected chi connectivity index (χ0v) is 10.4. The van der Waals surface area contributed by atoms with E-state index in [1.165, 1.54) is 0 Å². The van der Waals surface area contributed by atoms with Crippen molar-refractivity contribution in [1.29, 1.82) is 0 Å². The van der Waals surface area contributed by atoms with Crippen LogP contribution in [0.4, 0.5) is 5.69 Å². The molecule has 0 fully saturated rings. The van der Waals surface area contributed by atoms with Crippen molar-refractivity contribution in [3.8, 4) is 0 Å². The lowest BCUT2D eigenvalue weighted by molar-refractivity contribution is 1.45. The topological polar surface area (TPSA) is 38.4 Å². The summed E-state index contributed by atoms with van der Waals surface area (Å²) in [4.78, 5) is 4.28. The van der Waals surface area contributed by atoms with Gasteiger partial charge in [0, 0.05) is 5.56 Å². The van der Waals surface area contributed by atoms with E-state index in [2.05, 4.69) is 4.99 Å². The van der Waals surface area contributed by atoms with E-state index < -0.39 is 0 Å². The van der Waals surface area contributed by atoms with Crippen LogP contribution >= 0.6 is 23.2 Å². The van der Waals surface area contributed by atoms with Crippen LogP contribution in [-0.2, 0) is 0 Å². The van der Waals surface area contributed by atoms with Gasteiger partial charge in [-0.3, -0.25) is 0 Å². The van der Waals surface area contributed by atoms with Gasteiger partial charge in [0.05, 0.1) is 15.7 Å². The molecule has 17 heavy (non-hydrogen) atoms. The number of amidine groups is 1. The summed E-state index contributed by atoms with van der Waals surface area (Å²) in [6, 6.07) is 14.7. The van der Waals surface area contributed by atoms with Gasteiger partial charge in [-0.25, -0.2) is 4.99 Å². The second-order valence-corrected chi connectivity index (χ2v) is 4.28. The molecule has 2 aromatic rings. The zero-order chi connectivity index (χ0) is 12.3. The van der Waals surface area contributed by atoms with Gasteiger partial charge >= 0.3 is 0 Å². The molecule has 2 nitrogen and oxygen atoms in total. The van der Waals surface area contributed by atoms with Gasteiger partial charge < -0.3 is 5.73 Å². The Morgan fingerprint density at radius 2 is 1.65 bits per heavy atom. The summed E-state index contributed by atoms with van der Waals surface area (Å²) in [5.74, 6) is 0.448. The van der Waals surface area contributed by atoms with E-state index in [0.29, 0.717) is 21.6 Å². The van der Waals surface area contributed by atoms with Crippen molar-refractivity contribution in [3.63, 3.8) is 0 Å². The first-order valence-corrected chi connectivity index (χ1v) is 5.77. The molecule has 0 saturated heterocycles. The monoisotopic (exact) mass is 264 g/mol. The lowest BCUT2D eigenvalue weighted by atomic mass is 10.2. The van der Waals surface area contributed by atoms with Crippen molar-refractivity contribution in [2.75, 3.05) is 0 Å². The summed E-state index contributed by atoms with van der Waals surface area (Å²) in [7, 11) is 0. The highest BCUT2D eigenvalue weighted by atomic mass is 35.5. The van der Waals surface area contributed by atoms with Crippen LogP contribution in [-0.4, -0.2) is 5.84 Å². The van der Waals surface area contributed by atoms with Crippen LogP contribution in [0.1, 0.15) is 5.56 Å². The Bertz CT molecular complexity index is 551. The van der Waals surface area contributed by atoms with E-state index in [9.17, 15) is 0 Å². The Morgan fingerprint density at radius 1 is 0.941 bits per heavy atom. The molecule has 0 atom stereocenters. The number of nitrogens with two attached hydrogens (primary N) is 1. The van der Waals surface area contributed by atoms with E-state index >= 15 is 0 Å². The van der Waals surface area contributed by atoms with Crippen LogP contribution in [0.3, 0.4) is 0 Å². The summed E-state index contributed by atoms with van der Waals surface area (Å²) >= 11 is 11.7. The summed E-state index contributed by atoms with van der Waals surface area (Å²) in [6.45, 7) is 0. The minimum atomic E-state index is 0.448. The van der Waals surface area contributed by atoms with Gasteiger partial charge in [-0.2, -0.15) is 0 Å². The van der Waals surface area contributed by atoms with Crippen molar-refractivity contribution in [2.45, 2.75) is 0 Å². The minimum Gasteiger partial charge on any atom is -0.383 e. The van der Waals surface area contributed by atoms with Gasteiger partial charge in [0.25, 0.3) is 0 Å². The lowest BCUT2D eigenvalue weighted by Gasteiger charge is -2.02. The van der Waals surface area contributed by atoms with Crippen LogP contribution in [0.5, 0.6) is 0 Å². The van der Waals surface area contributed by atoms with Crippen molar-refractivity contribution in [3.05, 3.63) is 64.1 Å². The standard InChI is InChI=1S/C13H10Cl2N2/c14-11-7-6-10(8-12(11)15)17-13(16)9-4-2-1-3-5-9/h1-8H,(H2,16,17). The third-order valence-electron chi connectivity index (χ3n) is 2.22. The van der Waals surface area contributed by atoms with Crippen molar-refractivity contribution in [2.24, 2.45) is 10.7 Å². The highest BCUT2D eigenvalue weighted by Gasteiger charge is 2.00. The van der Waals surface area contributed by atoms with Gasteiger partial charge in [-0.15, -0.1) is 0 Å². The van der Waals surface area contributed by atoms with E-state index in [0.717, 1.165) is 5.56 Å². The Balaban J connectivity index is 2.33. The zero-order valence-electron chi connectivity index (χ0n) is 8.90. The molecule has 0 aromatic heterocycles. The number of rotatable bonds is 2. The number of aliphatic imine (C=N–C) groups is 1. The van der Waals surface area contributed by atoms with Gasteiger partial charge in [0.15, 0.2) is 0 Å². The molecule has 0 unspecified atom stereocenters. The van der Waals surface area contributed by atoms with Crippen molar-refractivity contribution in [1.82, 2.24) is 0 Å². The van der Waals surface area contributed by atoms with E-state index in [4.69, 9.17) is 28.9 Å². The normalized spacial score (nSPS) is 11.5. The third kappa shape index (κ3) is 2.99. The van der Waals surface area contributed by atoms with E-state index in [1.54, 1.807) is 18.2 Å². The average Bonchev–Trinajstić information content (AvgIpc) is 2.35. The Labute approximate surface area is 110 Å². The molecule has 0 bridgehead atoms. The summed E-state index contributed by atoms with van der Waals surface area (Å²) in [6.07, 6.45) is 0. The van der Waals surface area contributed by atoms with Crippen LogP contribution in [0.2, 0.25) is 10.0 Å². The third-order valence-corrected chi connectivity index (χ3v) is 2.96. The molecular formula is C13H10Cl2N2. The van der Waals surface area contributed by atoms with Crippen LogP contribution < -0.4 is 5.73 Å². The predicted octanol–water partition coefficient (Wildman–Crippen LogP) is 4.03. The molecule has 86 valence electrons. The number of hydrogen-bond donors (Lipinski definition) is 1. The van der Waals surface area contributed by atoms with Crippen molar-refractivity contribution >= 4 is 34.7 Å². The number of hydrogen-bond acceptors (Lipinski definition) is 1.